The molecule has 31 heavy (non-hydrogen) atoms. The summed E-state index contributed by atoms with van der Waals surface area (Å²) >= 11 is 0. The zero-order chi connectivity index (χ0) is 23.0. The Bertz CT molecular complexity index is 1100. The summed E-state index contributed by atoms with van der Waals surface area (Å²) in [5, 5.41) is 16.6. The lowest BCUT2D eigenvalue weighted by molar-refractivity contribution is -0.134. The molecule has 0 unspecified atom stereocenters. The first-order valence-corrected chi connectivity index (χ1v) is 9.40. The Kier molecular flexibility index (Phi) is 8.10. The Morgan fingerprint density at radius 2 is 1.58 bits per heavy atom. The summed E-state index contributed by atoms with van der Waals surface area (Å²) in [6.45, 7) is 3.21. The van der Waals surface area contributed by atoms with Gasteiger partial charge in [0.05, 0.1) is 12.7 Å². The normalized spacial score (nSPS) is 10.5. The number of para-hydroxylation sites is 1. The van der Waals surface area contributed by atoms with Crippen LogP contribution in [0.4, 0.5) is 0 Å². The molecule has 0 fully saturated rings. The smallest absolute Gasteiger partial charge is 0.328 e. The topological polar surface area (TPSA) is 132 Å². The monoisotopic (exact) mass is 424 g/mol. The molecule has 0 amide bonds. The van der Waals surface area contributed by atoms with Gasteiger partial charge in [-0.15, -0.1) is 0 Å². The van der Waals surface area contributed by atoms with Crippen molar-refractivity contribution in [2.24, 2.45) is 5.73 Å². The molecule has 8 nitrogen and oxygen atoms in total. The molecule has 0 radical (unpaired) electrons. The first-order chi connectivity index (χ1) is 14.8. The minimum Gasteiger partial charge on any atom is -0.497 e. The number of carbonyl (C=O) groups excluding carboxylic acids is 1. The van der Waals surface area contributed by atoms with Gasteiger partial charge in [-0.1, -0.05) is 18.2 Å². The minimum absolute atomic E-state index is 0.0251. The second-order valence-electron chi connectivity index (χ2n) is 6.49. The Hall–Kier alpha value is -3.91. The minimum atomic E-state index is -1.26. The number of carboxylic acids is 2. The van der Waals surface area contributed by atoms with Gasteiger partial charge in [-0.3, -0.25) is 4.79 Å². The number of ketones is 1. The van der Waals surface area contributed by atoms with Crippen LogP contribution in [-0.2, 0) is 16.1 Å². The number of carboxylic acid groups (broad SMARTS) is 2. The van der Waals surface area contributed by atoms with E-state index >= 15 is 0 Å². The molecule has 4 N–H and O–H groups in total. The first kappa shape index (κ1) is 23.4. The highest BCUT2D eigenvalue weighted by molar-refractivity contribution is 6.17. The van der Waals surface area contributed by atoms with E-state index in [1.165, 1.54) is 0 Å². The van der Waals surface area contributed by atoms with Crippen molar-refractivity contribution in [1.82, 2.24) is 4.57 Å². The maximum absolute atomic E-state index is 13.0. The molecule has 0 saturated heterocycles. The van der Waals surface area contributed by atoms with Crippen LogP contribution in [0.1, 0.15) is 21.6 Å². The third kappa shape index (κ3) is 5.80. The number of carbonyl (C=O) groups is 3. The van der Waals surface area contributed by atoms with Crippen LogP contribution in [0.25, 0.3) is 10.9 Å². The number of methoxy groups -OCH3 is 1. The van der Waals surface area contributed by atoms with Gasteiger partial charge in [-0.2, -0.15) is 0 Å². The lowest BCUT2D eigenvalue weighted by Gasteiger charge is -2.07. The largest absolute Gasteiger partial charge is 0.497 e. The predicted octanol–water partition coefficient (Wildman–Crippen LogP) is 2.86. The van der Waals surface area contributed by atoms with Crippen molar-refractivity contribution in [3.05, 3.63) is 77.5 Å². The Labute approximate surface area is 179 Å². The molecular weight excluding hydrogens is 400 g/mol. The molecule has 162 valence electrons. The highest BCUT2D eigenvalue weighted by atomic mass is 16.5. The molecule has 1 aromatic heterocycles. The van der Waals surface area contributed by atoms with E-state index < -0.39 is 11.9 Å². The van der Waals surface area contributed by atoms with Crippen LogP contribution in [0.3, 0.4) is 0 Å². The van der Waals surface area contributed by atoms with E-state index in [0.717, 1.165) is 27.9 Å². The Morgan fingerprint density at radius 1 is 1.00 bits per heavy atom. The number of nitrogens with two attached hydrogens (primary N) is 1. The molecule has 0 spiro atoms. The maximum Gasteiger partial charge on any atom is 0.328 e. The molecule has 3 aromatic rings. The summed E-state index contributed by atoms with van der Waals surface area (Å²) in [5.74, 6) is -1.75. The molecule has 0 aliphatic heterocycles. The van der Waals surface area contributed by atoms with E-state index in [2.05, 4.69) is 4.57 Å². The lowest BCUT2D eigenvalue weighted by atomic mass is 10.0. The molecule has 2 aromatic carbocycles. The SMILES string of the molecule is COc1ccc(C(=O)c2c(C)n(CCN)c3ccccc23)cc1.O=C(O)C=CC(=O)O. The quantitative estimate of drug-likeness (QED) is 0.392. The zero-order valence-electron chi connectivity index (χ0n) is 17.2. The molecule has 0 atom stereocenters. The number of hydrogen-bond acceptors (Lipinski definition) is 5. The standard InChI is InChI=1S/C19H20N2O2.C4H4O4/c1-13-18(19(22)14-7-9-15(23-2)10-8-14)16-5-3-4-6-17(16)21(13)12-11-20;5-3(6)1-2-4(7)8/h3-10H,11-12,20H2,1-2H3;1-2H,(H,5,6)(H,7,8). The molecular formula is C23H24N2O6. The number of hydrogen-bond donors (Lipinski definition) is 3. The number of ether oxygens (including phenoxy) is 1. The molecule has 0 aliphatic carbocycles. The summed E-state index contributed by atoms with van der Waals surface area (Å²) in [4.78, 5) is 32.1. The summed E-state index contributed by atoms with van der Waals surface area (Å²) in [7, 11) is 1.61. The average molecular weight is 424 g/mol. The number of aromatic nitrogens is 1. The summed E-state index contributed by atoms with van der Waals surface area (Å²) < 4.78 is 7.27. The molecule has 8 heteroatoms. The van der Waals surface area contributed by atoms with E-state index in [1.54, 1.807) is 19.2 Å². The number of benzene rings is 2. The number of fused-ring (bicyclic) bond motifs is 1. The van der Waals surface area contributed by atoms with E-state index in [-0.39, 0.29) is 5.78 Å². The highest BCUT2D eigenvalue weighted by Gasteiger charge is 2.20. The second kappa shape index (κ2) is 10.7. The fourth-order valence-corrected chi connectivity index (χ4v) is 3.16. The van der Waals surface area contributed by atoms with Crippen molar-refractivity contribution in [3.8, 4) is 5.75 Å². The summed E-state index contributed by atoms with van der Waals surface area (Å²) in [5.41, 5.74) is 9.14. The van der Waals surface area contributed by atoms with E-state index in [0.29, 0.717) is 30.8 Å². The van der Waals surface area contributed by atoms with Crippen LogP contribution < -0.4 is 10.5 Å². The van der Waals surface area contributed by atoms with Crippen LogP contribution >= 0.6 is 0 Å². The highest BCUT2D eigenvalue weighted by Crippen LogP contribution is 2.28. The van der Waals surface area contributed by atoms with Crippen molar-refractivity contribution in [2.45, 2.75) is 13.5 Å². The van der Waals surface area contributed by atoms with Crippen molar-refractivity contribution in [2.75, 3.05) is 13.7 Å². The van der Waals surface area contributed by atoms with Gasteiger partial charge < -0.3 is 25.3 Å². The molecule has 0 saturated carbocycles. The van der Waals surface area contributed by atoms with Crippen LogP contribution in [0.15, 0.2) is 60.7 Å². The van der Waals surface area contributed by atoms with Crippen molar-refractivity contribution < 1.29 is 29.3 Å². The second-order valence-corrected chi connectivity index (χ2v) is 6.49. The summed E-state index contributed by atoms with van der Waals surface area (Å²) in [6, 6.07) is 15.2. The number of rotatable bonds is 7. The van der Waals surface area contributed by atoms with Crippen molar-refractivity contribution in [1.29, 1.82) is 0 Å². The van der Waals surface area contributed by atoms with E-state index in [1.807, 2.05) is 43.3 Å². The van der Waals surface area contributed by atoms with Gasteiger partial charge in [-0.05, 0) is 37.3 Å². The van der Waals surface area contributed by atoms with Gasteiger partial charge in [-0.25, -0.2) is 9.59 Å². The van der Waals surface area contributed by atoms with Gasteiger partial charge in [0, 0.05) is 47.4 Å². The van der Waals surface area contributed by atoms with Gasteiger partial charge in [0.2, 0.25) is 0 Å². The van der Waals surface area contributed by atoms with Gasteiger partial charge in [0.1, 0.15) is 5.75 Å². The molecule has 0 bridgehead atoms. The molecule has 1 heterocycles. The lowest BCUT2D eigenvalue weighted by Crippen LogP contribution is -2.12. The summed E-state index contributed by atoms with van der Waals surface area (Å²) in [6.07, 6.45) is 1.12. The van der Waals surface area contributed by atoms with Gasteiger partial charge in [0.15, 0.2) is 5.78 Å². The fraction of sp³-hybridized carbons (Fsp3) is 0.174. The van der Waals surface area contributed by atoms with Crippen molar-refractivity contribution >= 4 is 28.6 Å². The number of nitrogens with zero attached hydrogens (tertiary/aromatic N) is 1. The maximum atomic E-state index is 13.0. The fourth-order valence-electron chi connectivity index (χ4n) is 3.16. The van der Waals surface area contributed by atoms with Gasteiger partial charge in [0.25, 0.3) is 0 Å². The van der Waals surface area contributed by atoms with Crippen LogP contribution in [0.5, 0.6) is 5.75 Å². The Balaban J connectivity index is 0.000000366. The van der Waals surface area contributed by atoms with Gasteiger partial charge >= 0.3 is 11.9 Å². The first-order valence-electron chi connectivity index (χ1n) is 9.40. The zero-order valence-corrected chi connectivity index (χ0v) is 17.2. The predicted molar refractivity (Wildman–Crippen MR) is 117 cm³/mol. The molecule has 0 aliphatic rings. The average Bonchev–Trinajstić information content (AvgIpc) is 3.04. The Morgan fingerprint density at radius 3 is 2.10 bits per heavy atom. The molecule has 3 rings (SSSR count). The van der Waals surface area contributed by atoms with Crippen LogP contribution in [0, 0.1) is 6.92 Å². The van der Waals surface area contributed by atoms with Crippen molar-refractivity contribution in [3.63, 3.8) is 0 Å². The van der Waals surface area contributed by atoms with Crippen LogP contribution in [-0.4, -0.2) is 46.2 Å². The van der Waals surface area contributed by atoms with E-state index in [4.69, 9.17) is 20.7 Å². The number of aliphatic carboxylic acids is 2. The third-order valence-corrected chi connectivity index (χ3v) is 4.53. The third-order valence-electron chi connectivity index (χ3n) is 4.53. The van der Waals surface area contributed by atoms with E-state index in [9.17, 15) is 14.4 Å². The van der Waals surface area contributed by atoms with Crippen LogP contribution in [0.2, 0.25) is 0 Å².